The molecule has 0 radical (unpaired) electrons. The summed E-state index contributed by atoms with van der Waals surface area (Å²) < 4.78 is 2.27. The predicted molar refractivity (Wildman–Crippen MR) is 93.4 cm³/mol. The lowest BCUT2D eigenvalue weighted by Crippen LogP contribution is -2.38. The van der Waals surface area contributed by atoms with Crippen molar-refractivity contribution >= 4 is 17.7 Å². The average Bonchev–Trinajstić information content (AvgIpc) is 2.77. The third-order valence-electron chi connectivity index (χ3n) is 3.89. The molecule has 2 heterocycles. The number of rotatable bonds is 7. The fraction of sp³-hybridized carbons (Fsp3) is 0.800. The maximum Gasteiger partial charge on any atom is 0.191 e. The summed E-state index contributed by atoms with van der Waals surface area (Å²) in [6.45, 7) is 2.68. The molecule has 1 aliphatic rings. The zero-order valence-corrected chi connectivity index (χ0v) is 14.6. The predicted octanol–water partition coefficient (Wildman–Crippen LogP) is 1.81. The van der Waals surface area contributed by atoms with Crippen LogP contribution in [-0.2, 0) is 19.5 Å². The molecule has 22 heavy (non-hydrogen) atoms. The van der Waals surface area contributed by atoms with E-state index < -0.39 is 0 Å². The summed E-state index contributed by atoms with van der Waals surface area (Å²) >= 11 is 1.90. The molecule has 0 saturated heterocycles. The van der Waals surface area contributed by atoms with Crippen LogP contribution in [0.2, 0.25) is 0 Å². The minimum atomic E-state index is 0.678. The van der Waals surface area contributed by atoms with E-state index in [1.54, 1.807) is 0 Å². The van der Waals surface area contributed by atoms with Crippen LogP contribution >= 0.6 is 11.8 Å². The van der Waals surface area contributed by atoms with Gasteiger partial charge in [0, 0.05) is 26.6 Å². The number of guanidine groups is 1. The minimum Gasteiger partial charge on any atom is -0.356 e. The number of nitrogens with zero attached hydrogens (tertiary/aromatic N) is 4. The number of unbranched alkanes of at least 4 members (excludes halogenated alkanes) is 1. The van der Waals surface area contributed by atoms with Gasteiger partial charge in [-0.05, 0) is 37.7 Å². The first kappa shape index (κ1) is 17.1. The van der Waals surface area contributed by atoms with Crippen molar-refractivity contribution in [1.82, 2.24) is 25.4 Å². The first-order valence-electron chi connectivity index (χ1n) is 8.19. The Labute approximate surface area is 137 Å². The van der Waals surface area contributed by atoms with Crippen LogP contribution in [0.3, 0.4) is 0 Å². The van der Waals surface area contributed by atoms with Gasteiger partial charge in [-0.25, -0.2) is 0 Å². The Hall–Kier alpha value is -1.24. The standard InChI is InChI=1S/C15H28N6S/c1-16-15(17-9-5-7-11-22-2)18-12-14-20-19-13-8-4-3-6-10-21(13)14/h3-12H2,1-2H3,(H2,16,17,18). The molecule has 2 rings (SSSR count). The van der Waals surface area contributed by atoms with Crippen LogP contribution < -0.4 is 10.6 Å². The van der Waals surface area contributed by atoms with Gasteiger partial charge in [0.15, 0.2) is 11.8 Å². The van der Waals surface area contributed by atoms with E-state index in [0.717, 1.165) is 37.1 Å². The maximum atomic E-state index is 4.33. The van der Waals surface area contributed by atoms with Gasteiger partial charge >= 0.3 is 0 Å². The number of hydrogen-bond acceptors (Lipinski definition) is 4. The van der Waals surface area contributed by atoms with Crippen LogP contribution in [0.1, 0.15) is 43.8 Å². The van der Waals surface area contributed by atoms with Crippen molar-refractivity contribution in [1.29, 1.82) is 0 Å². The van der Waals surface area contributed by atoms with Gasteiger partial charge in [0.2, 0.25) is 0 Å². The molecule has 6 nitrogen and oxygen atoms in total. The van der Waals surface area contributed by atoms with Gasteiger partial charge in [-0.1, -0.05) is 6.42 Å². The summed E-state index contributed by atoms with van der Waals surface area (Å²) in [6, 6.07) is 0. The van der Waals surface area contributed by atoms with Crippen LogP contribution in [0, 0.1) is 0 Å². The molecule has 124 valence electrons. The molecule has 0 saturated carbocycles. The van der Waals surface area contributed by atoms with Gasteiger partial charge in [-0.15, -0.1) is 10.2 Å². The Balaban J connectivity index is 1.77. The van der Waals surface area contributed by atoms with E-state index in [1.807, 2.05) is 18.8 Å². The molecule has 0 aromatic carbocycles. The lowest BCUT2D eigenvalue weighted by atomic mass is 10.2. The molecule has 0 spiro atoms. The molecule has 0 atom stereocenters. The van der Waals surface area contributed by atoms with Crippen LogP contribution in [-0.4, -0.2) is 46.3 Å². The lowest BCUT2D eigenvalue weighted by molar-refractivity contribution is 0.596. The Morgan fingerprint density at radius 2 is 2.14 bits per heavy atom. The van der Waals surface area contributed by atoms with Crippen LogP contribution in [0.15, 0.2) is 4.99 Å². The summed E-state index contributed by atoms with van der Waals surface area (Å²) in [4.78, 5) is 4.27. The first-order valence-corrected chi connectivity index (χ1v) is 9.59. The second kappa shape index (κ2) is 9.71. The van der Waals surface area contributed by atoms with E-state index in [-0.39, 0.29) is 0 Å². The van der Waals surface area contributed by atoms with E-state index in [9.17, 15) is 0 Å². The van der Waals surface area contributed by atoms with E-state index >= 15 is 0 Å². The molecular weight excluding hydrogens is 296 g/mol. The Morgan fingerprint density at radius 1 is 1.23 bits per heavy atom. The van der Waals surface area contributed by atoms with Crippen LogP contribution in [0.5, 0.6) is 0 Å². The van der Waals surface area contributed by atoms with Crippen molar-refractivity contribution in [3.63, 3.8) is 0 Å². The lowest BCUT2D eigenvalue weighted by Gasteiger charge is -2.12. The van der Waals surface area contributed by atoms with Gasteiger partial charge in [0.1, 0.15) is 5.82 Å². The molecule has 0 fully saturated rings. The van der Waals surface area contributed by atoms with Gasteiger partial charge in [-0.3, -0.25) is 4.99 Å². The topological polar surface area (TPSA) is 67.1 Å². The van der Waals surface area contributed by atoms with Crippen molar-refractivity contribution in [3.8, 4) is 0 Å². The number of aryl methyl sites for hydroxylation is 1. The number of fused-ring (bicyclic) bond motifs is 1. The molecule has 0 unspecified atom stereocenters. The summed E-state index contributed by atoms with van der Waals surface area (Å²) in [7, 11) is 1.81. The molecular formula is C15H28N6S. The fourth-order valence-electron chi connectivity index (χ4n) is 2.64. The van der Waals surface area contributed by atoms with E-state index in [0.29, 0.717) is 6.54 Å². The third kappa shape index (κ3) is 5.19. The molecule has 2 N–H and O–H groups in total. The van der Waals surface area contributed by atoms with Crippen molar-refractivity contribution in [2.45, 2.75) is 51.6 Å². The minimum absolute atomic E-state index is 0.678. The number of hydrogen-bond donors (Lipinski definition) is 2. The van der Waals surface area contributed by atoms with E-state index in [1.165, 1.54) is 37.9 Å². The maximum absolute atomic E-state index is 4.33. The highest BCUT2D eigenvalue weighted by molar-refractivity contribution is 7.98. The summed E-state index contributed by atoms with van der Waals surface area (Å²) in [5.74, 6) is 4.21. The second-order valence-corrected chi connectivity index (χ2v) is 6.53. The highest BCUT2D eigenvalue weighted by Gasteiger charge is 2.14. The van der Waals surface area contributed by atoms with Crippen molar-refractivity contribution in [2.24, 2.45) is 4.99 Å². The molecule has 1 aromatic rings. The molecule has 0 amide bonds. The monoisotopic (exact) mass is 324 g/mol. The van der Waals surface area contributed by atoms with Gasteiger partial charge < -0.3 is 15.2 Å². The van der Waals surface area contributed by atoms with Crippen LogP contribution in [0.25, 0.3) is 0 Å². The van der Waals surface area contributed by atoms with Gasteiger partial charge in [0.05, 0.1) is 6.54 Å². The molecule has 0 aliphatic carbocycles. The SMILES string of the molecule is CN=C(NCCCCSC)NCc1nnc2n1CCCCC2. The zero-order valence-electron chi connectivity index (χ0n) is 13.8. The Bertz CT molecular complexity index is 471. The Kier molecular flexibility index (Phi) is 7.56. The third-order valence-corrected chi connectivity index (χ3v) is 4.59. The summed E-state index contributed by atoms with van der Waals surface area (Å²) in [6.07, 6.45) is 9.34. The summed E-state index contributed by atoms with van der Waals surface area (Å²) in [5.41, 5.74) is 0. The molecule has 0 bridgehead atoms. The van der Waals surface area contributed by atoms with Crippen molar-refractivity contribution < 1.29 is 0 Å². The summed E-state index contributed by atoms with van der Waals surface area (Å²) in [5, 5.41) is 15.4. The van der Waals surface area contributed by atoms with E-state index in [4.69, 9.17) is 0 Å². The number of thioether (sulfide) groups is 1. The quantitative estimate of drug-likeness (QED) is 0.455. The first-order chi connectivity index (χ1) is 10.8. The number of aliphatic imine (C=N–C) groups is 1. The number of aromatic nitrogens is 3. The highest BCUT2D eigenvalue weighted by atomic mass is 32.2. The smallest absolute Gasteiger partial charge is 0.191 e. The normalized spacial score (nSPS) is 15.3. The van der Waals surface area contributed by atoms with Gasteiger partial charge in [0.25, 0.3) is 0 Å². The number of nitrogens with one attached hydrogen (secondary N) is 2. The van der Waals surface area contributed by atoms with Gasteiger partial charge in [-0.2, -0.15) is 11.8 Å². The second-order valence-electron chi connectivity index (χ2n) is 5.55. The Morgan fingerprint density at radius 3 is 2.95 bits per heavy atom. The fourth-order valence-corrected chi connectivity index (χ4v) is 3.13. The van der Waals surface area contributed by atoms with Crippen LogP contribution in [0.4, 0.5) is 0 Å². The molecule has 1 aromatic heterocycles. The zero-order chi connectivity index (χ0) is 15.6. The van der Waals surface area contributed by atoms with Crippen molar-refractivity contribution in [2.75, 3.05) is 25.6 Å². The highest BCUT2D eigenvalue weighted by Crippen LogP contribution is 2.14. The molecule has 7 heteroatoms. The molecule has 1 aliphatic heterocycles. The largest absolute Gasteiger partial charge is 0.356 e. The van der Waals surface area contributed by atoms with Crippen molar-refractivity contribution in [3.05, 3.63) is 11.6 Å². The van der Waals surface area contributed by atoms with E-state index in [2.05, 4.69) is 36.6 Å². The average molecular weight is 324 g/mol.